The highest BCUT2D eigenvalue weighted by molar-refractivity contribution is 5.21. The molecule has 0 bridgehead atoms. The maximum Gasteiger partial charge on any atom is 0.110 e. The van der Waals surface area contributed by atoms with Gasteiger partial charge >= 0.3 is 0 Å². The molecular weight excluding hydrogens is 226 g/mol. The second kappa shape index (κ2) is 5.83. The van der Waals surface area contributed by atoms with Gasteiger partial charge in [-0.15, -0.1) is 0 Å². The number of aliphatic hydroxyl groups is 1. The molecule has 2 N–H and O–H groups in total. The summed E-state index contributed by atoms with van der Waals surface area (Å²) in [6.45, 7) is 3.25. The van der Waals surface area contributed by atoms with Crippen LogP contribution in [-0.4, -0.2) is 31.4 Å². The molecule has 1 saturated carbocycles. The van der Waals surface area contributed by atoms with Crippen molar-refractivity contribution in [3.05, 3.63) is 35.9 Å². The van der Waals surface area contributed by atoms with E-state index in [4.69, 9.17) is 4.74 Å². The molecule has 18 heavy (non-hydrogen) atoms. The lowest BCUT2D eigenvalue weighted by atomic mass is 9.82. The van der Waals surface area contributed by atoms with Crippen LogP contribution in [0.1, 0.15) is 25.3 Å². The van der Waals surface area contributed by atoms with Gasteiger partial charge in [-0.3, -0.25) is 0 Å². The molecule has 100 valence electrons. The van der Waals surface area contributed by atoms with Crippen molar-refractivity contribution < 1.29 is 9.84 Å². The van der Waals surface area contributed by atoms with Crippen LogP contribution in [-0.2, 0) is 10.3 Å². The Kier molecular flexibility index (Phi) is 4.38. The molecule has 2 rings (SSSR count). The molecule has 0 radical (unpaired) electrons. The molecule has 1 aromatic carbocycles. The van der Waals surface area contributed by atoms with E-state index >= 15 is 0 Å². The van der Waals surface area contributed by atoms with Crippen molar-refractivity contribution in [3.8, 4) is 0 Å². The zero-order chi connectivity index (χ0) is 13.0. The second-order valence-electron chi connectivity index (χ2n) is 5.47. The molecule has 0 heterocycles. The number of hydrogen-bond donors (Lipinski definition) is 2. The van der Waals surface area contributed by atoms with Crippen LogP contribution in [0.4, 0.5) is 0 Å². The van der Waals surface area contributed by atoms with Gasteiger partial charge in [0.1, 0.15) is 5.60 Å². The van der Waals surface area contributed by atoms with Gasteiger partial charge in [0.25, 0.3) is 0 Å². The highest BCUT2D eigenvalue weighted by Gasteiger charge is 2.32. The normalized spacial score (nSPS) is 26.4. The minimum atomic E-state index is -0.893. The third-order valence-electron chi connectivity index (χ3n) is 3.68. The number of benzene rings is 1. The lowest BCUT2D eigenvalue weighted by Gasteiger charge is -2.37. The van der Waals surface area contributed by atoms with Crippen LogP contribution in [0, 0.1) is 5.92 Å². The summed E-state index contributed by atoms with van der Waals surface area (Å²) in [5.41, 5.74) is 0.0196. The Morgan fingerprint density at radius 2 is 2.00 bits per heavy atom. The Labute approximate surface area is 109 Å². The molecular formula is C15H23NO2. The van der Waals surface area contributed by atoms with Crippen molar-refractivity contribution in [3.63, 3.8) is 0 Å². The van der Waals surface area contributed by atoms with Crippen LogP contribution >= 0.6 is 0 Å². The highest BCUT2D eigenvalue weighted by Crippen LogP contribution is 2.31. The maximum absolute atomic E-state index is 10.4. The zero-order valence-electron chi connectivity index (χ0n) is 11.2. The van der Waals surface area contributed by atoms with Gasteiger partial charge in [0.2, 0.25) is 0 Å². The van der Waals surface area contributed by atoms with Crippen molar-refractivity contribution in [2.45, 2.75) is 31.5 Å². The second-order valence-corrected chi connectivity index (χ2v) is 5.47. The van der Waals surface area contributed by atoms with Crippen LogP contribution < -0.4 is 5.32 Å². The Morgan fingerprint density at radius 1 is 1.33 bits per heavy atom. The van der Waals surface area contributed by atoms with Crippen molar-refractivity contribution in [2.75, 3.05) is 20.2 Å². The fourth-order valence-electron chi connectivity index (χ4n) is 2.43. The summed E-state index contributed by atoms with van der Waals surface area (Å²) >= 11 is 0. The molecule has 0 amide bonds. The smallest absolute Gasteiger partial charge is 0.110 e. The molecule has 3 nitrogen and oxygen atoms in total. The standard InChI is InChI=1S/C15H23NO2/c1-15(17,13-6-4-3-5-7-13)11-18-14-8-12(9-14)10-16-2/h3-7,12,14,16-17H,8-11H2,1-2H3. The van der Waals surface area contributed by atoms with Crippen molar-refractivity contribution in [1.29, 1.82) is 0 Å². The van der Waals surface area contributed by atoms with Gasteiger partial charge in [0.05, 0.1) is 12.7 Å². The molecule has 1 aliphatic carbocycles. The molecule has 0 spiro atoms. The van der Waals surface area contributed by atoms with Gasteiger partial charge in [0.15, 0.2) is 0 Å². The van der Waals surface area contributed by atoms with Crippen LogP contribution in [0.2, 0.25) is 0 Å². The average Bonchev–Trinajstić information content (AvgIpc) is 2.33. The maximum atomic E-state index is 10.4. The molecule has 1 unspecified atom stereocenters. The molecule has 0 aromatic heterocycles. The van der Waals surface area contributed by atoms with Crippen LogP contribution in [0.25, 0.3) is 0 Å². The number of nitrogens with one attached hydrogen (secondary N) is 1. The Morgan fingerprint density at radius 3 is 2.61 bits per heavy atom. The number of rotatable bonds is 6. The van der Waals surface area contributed by atoms with Gasteiger partial charge in [-0.1, -0.05) is 30.3 Å². The fraction of sp³-hybridized carbons (Fsp3) is 0.600. The minimum Gasteiger partial charge on any atom is -0.383 e. The van der Waals surface area contributed by atoms with E-state index in [2.05, 4.69) is 5.32 Å². The van der Waals surface area contributed by atoms with Gasteiger partial charge in [-0.25, -0.2) is 0 Å². The third-order valence-corrected chi connectivity index (χ3v) is 3.68. The van der Waals surface area contributed by atoms with Gasteiger partial charge in [-0.2, -0.15) is 0 Å². The predicted octanol–water partition coefficient (Wildman–Crippen LogP) is 1.91. The topological polar surface area (TPSA) is 41.5 Å². The molecule has 0 aliphatic heterocycles. The van der Waals surface area contributed by atoms with Gasteiger partial charge < -0.3 is 15.2 Å². The Balaban J connectivity index is 1.77. The van der Waals surface area contributed by atoms with Gasteiger partial charge in [-0.05, 0) is 44.8 Å². The molecule has 1 aliphatic rings. The van der Waals surface area contributed by atoms with Crippen molar-refractivity contribution >= 4 is 0 Å². The molecule has 1 aromatic rings. The monoisotopic (exact) mass is 249 g/mol. The lowest BCUT2D eigenvalue weighted by Crippen LogP contribution is -2.40. The number of hydrogen-bond acceptors (Lipinski definition) is 3. The number of ether oxygens (including phenoxy) is 1. The summed E-state index contributed by atoms with van der Waals surface area (Å²) in [5, 5.41) is 13.6. The first-order valence-corrected chi connectivity index (χ1v) is 6.66. The third kappa shape index (κ3) is 3.31. The van der Waals surface area contributed by atoms with E-state index in [1.54, 1.807) is 0 Å². The van der Waals surface area contributed by atoms with Crippen LogP contribution in [0.5, 0.6) is 0 Å². The first kappa shape index (κ1) is 13.5. The molecule has 1 fully saturated rings. The lowest BCUT2D eigenvalue weighted by molar-refractivity contribution is -0.101. The quantitative estimate of drug-likeness (QED) is 0.809. The van der Waals surface area contributed by atoms with E-state index in [0.717, 1.165) is 30.9 Å². The SMILES string of the molecule is CNCC1CC(OCC(C)(O)c2ccccc2)C1. The zero-order valence-corrected chi connectivity index (χ0v) is 11.2. The molecule has 1 atom stereocenters. The minimum absolute atomic E-state index is 0.318. The van der Waals surface area contributed by atoms with E-state index in [-0.39, 0.29) is 0 Å². The Hall–Kier alpha value is -0.900. The summed E-state index contributed by atoms with van der Waals surface area (Å²) in [6, 6.07) is 9.71. The first-order valence-electron chi connectivity index (χ1n) is 6.66. The molecule has 3 heteroatoms. The highest BCUT2D eigenvalue weighted by atomic mass is 16.5. The largest absolute Gasteiger partial charge is 0.383 e. The summed E-state index contributed by atoms with van der Waals surface area (Å²) < 4.78 is 5.80. The van der Waals surface area contributed by atoms with E-state index < -0.39 is 5.60 Å². The van der Waals surface area contributed by atoms with E-state index in [1.165, 1.54) is 0 Å². The molecule has 0 saturated heterocycles. The van der Waals surface area contributed by atoms with E-state index in [0.29, 0.717) is 12.7 Å². The summed E-state index contributed by atoms with van der Waals surface area (Å²) in [5.74, 6) is 0.738. The first-order chi connectivity index (χ1) is 8.62. The Bertz CT molecular complexity index is 358. The van der Waals surface area contributed by atoms with Gasteiger partial charge in [0, 0.05) is 0 Å². The summed E-state index contributed by atoms with van der Waals surface area (Å²) in [6.07, 6.45) is 2.52. The van der Waals surface area contributed by atoms with Crippen LogP contribution in [0.3, 0.4) is 0 Å². The van der Waals surface area contributed by atoms with Crippen LogP contribution in [0.15, 0.2) is 30.3 Å². The van der Waals surface area contributed by atoms with Crippen molar-refractivity contribution in [1.82, 2.24) is 5.32 Å². The van der Waals surface area contributed by atoms with E-state index in [1.807, 2.05) is 44.3 Å². The summed E-state index contributed by atoms with van der Waals surface area (Å²) in [7, 11) is 1.98. The predicted molar refractivity (Wildman–Crippen MR) is 72.4 cm³/mol. The van der Waals surface area contributed by atoms with Crippen molar-refractivity contribution in [2.24, 2.45) is 5.92 Å². The van der Waals surface area contributed by atoms with E-state index in [9.17, 15) is 5.11 Å². The average molecular weight is 249 g/mol. The fourth-order valence-corrected chi connectivity index (χ4v) is 2.43. The summed E-state index contributed by atoms with van der Waals surface area (Å²) in [4.78, 5) is 0.